The molecule has 0 radical (unpaired) electrons. The standard InChI is InChI=1S/C12H13F5N4O2/c13-10(14)23-9-3-8(19-5-20-9)4-18-11(22)21-7-1-6(2-7)12(15,16)17/h3,5-7,10H,1-2,4H2,(H2,18,21,22). The molecule has 0 atom stereocenters. The molecule has 0 aromatic carbocycles. The van der Waals surface area contributed by atoms with Crippen LogP contribution in [0.5, 0.6) is 5.88 Å². The van der Waals surface area contributed by atoms with Crippen molar-refractivity contribution in [1.82, 2.24) is 20.6 Å². The van der Waals surface area contributed by atoms with E-state index in [1.165, 1.54) is 0 Å². The molecule has 128 valence electrons. The zero-order chi connectivity index (χ0) is 17.0. The van der Waals surface area contributed by atoms with Crippen LogP contribution < -0.4 is 15.4 Å². The van der Waals surface area contributed by atoms with Gasteiger partial charge < -0.3 is 15.4 Å². The van der Waals surface area contributed by atoms with Crippen molar-refractivity contribution >= 4 is 6.03 Å². The third kappa shape index (κ3) is 5.18. The fourth-order valence-corrected chi connectivity index (χ4v) is 2.04. The molecule has 0 aliphatic heterocycles. The van der Waals surface area contributed by atoms with E-state index in [1.54, 1.807) is 0 Å². The van der Waals surface area contributed by atoms with Gasteiger partial charge in [-0.05, 0) is 12.8 Å². The number of carbonyl (C=O) groups excluding carboxylic acids is 1. The summed E-state index contributed by atoms with van der Waals surface area (Å²) >= 11 is 0. The van der Waals surface area contributed by atoms with Gasteiger partial charge in [-0.15, -0.1) is 0 Å². The van der Waals surface area contributed by atoms with Crippen LogP contribution in [0.1, 0.15) is 18.5 Å². The van der Waals surface area contributed by atoms with E-state index in [-0.39, 0.29) is 31.0 Å². The first-order chi connectivity index (χ1) is 10.7. The number of ether oxygens (including phenoxy) is 1. The second-order valence-corrected chi connectivity index (χ2v) is 4.96. The van der Waals surface area contributed by atoms with Crippen LogP contribution in [0.15, 0.2) is 12.4 Å². The molecular weight excluding hydrogens is 327 g/mol. The Bertz CT molecular complexity index is 548. The van der Waals surface area contributed by atoms with Crippen LogP contribution in [0, 0.1) is 5.92 Å². The fourth-order valence-electron chi connectivity index (χ4n) is 2.04. The van der Waals surface area contributed by atoms with Crippen molar-refractivity contribution in [2.24, 2.45) is 5.92 Å². The van der Waals surface area contributed by atoms with E-state index in [2.05, 4.69) is 25.3 Å². The molecule has 23 heavy (non-hydrogen) atoms. The molecule has 1 aliphatic carbocycles. The quantitative estimate of drug-likeness (QED) is 0.806. The largest absolute Gasteiger partial charge is 0.417 e. The van der Waals surface area contributed by atoms with E-state index in [0.29, 0.717) is 0 Å². The zero-order valence-electron chi connectivity index (χ0n) is 11.6. The van der Waals surface area contributed by atoms with E-state index in [0.717, 1.165) is 12.4 Å². The lowest BCUT2D eigenvalue weighted by atomic mass is 9.80. The van der Waals surface area contributed by atoms with Crippen LogP contribution in [-0.2, 0) is 6.54 Å². The molecule has 0 saturated heterocycles. The fraction of sp³-hybridized carbons (Fsp3) is 0.583. The molecule has 1 heterocycles. The average molecular weight is 340 g/mol. The molecule has 2 amide bonds. The van der Waals surface area contributed by atoms with E-state index < -0.39 is 30.8 Å². The van der Waals surface area contributed by atoms with E-state index in [4.69, 9.17) is 0 Å². The number of amides is 2. The third-order valence-electron chi connectivity index (χ3n) is 3.27. The van der Waals surface area contributed by atoms with Crippen molar-refractivity contribution in [3.63, 3.8) is 0 Å². The van der Waals surface area contributed by atoms with Crippen LogP contribution in [0.2, 0.25) is 0 Å². The Balaban J connectivity index is 1.73. The molecule has 1 aromatic heterocycles. The van der Waals surface area contributed by atoms with Gasteiger partial charge in [-0.2, -0.15) is 22.0 Å². The number of carbonyl (C=O) groups is 1. The van der Waals surface area contributed by atoms with Crippen LogP contribution in [-0.4, -0.2) is 34.8 Å². The number of urea groups is 1. The van der Waals surface area contributed by atoms with Gasteiger partial charge in [-0.25, -0.2) is 14.8 Å². The Labute approximate surface area is 127 Å². The summed E-state index contributed by atoms with van der Waals surface area (Å²) in [6, 6.07) is -0.0783. The molecule has 1 aliphatic rings. The number of nitrogens with one attached hydrogen (secondary N) is 2. The SMILES string of the molecule is O=C(NCc1cc(OC(F)F)ncn1)NC1CC(C(F)(F)F)C1. The van der Waals surface area contributed by atoms with Crippen LogP contribution in [0.4, 0.5) is 26.7 Å². The lowest BCUT2D eigenvalue weighted by Gasteiger charge is -2.36. The van der Waals surface area contributed by atoms with Crippen molar-refractivity contribution in [1.29, 1.82) is 0 Å². The Kier molecular flexibility index (Phi) is 5.16. The summed E-state index contributed by atoms with van der Waals surface area (Å²) in [7, 11) is 0. The first-order valence-electron chi connectivity index (χ1n) is 6.61. The second-order valence-electron chi connectivity index (χ2n) is 4.96. The first kappa shape index (κ1) is 17.2. The molecule has 2 N–H and O–H groups in total. The minimum Gasteiger partial charge on any atom is -0.417 e. The summed E-state index contributed by atoms with van der Waals surface area (Å²) in [6.45, 7) is -3.14. The van der Waals surface area contributed by atoms with Crippen LogP contribution in [0.25, 0.3) is 0 Å². The van der Waals surface area contributed by atoms with Gasteiger partial charge in [0.1, 0.15) is 6.33 Å². The highest BCUT2D eigenvalue weighted by Gasteiger charge is 2.48. The minimum atomic E-state index is -4.24. The summed E-state index contributed by atoms with van der Waals surface area (Å²) < 4.78 is 65.0. The molecule has 0 spiro atoms. The van der Waals surface area contributed by atoms with E-state index >= 15 is 0 Å². The van der Waals surface area contributed by atoms with Gasteiger partial charge in [0, 0.05) is 12.1 Å². The van der Waals surface area contributed by atoms with Gasteiger partial charge >= 0.3 is 18.8 Å². The molecule has 11 heteroatoms. The Morgan fingerprint density at radius 1 is 1.35 bits per heavy atom. The Hall–Kier alpha value is -2.20. The number of alkyl halides is 5. The molecule has 1 fully saturated rings. The Morgan fingerprint density at radius 2 is 2.04 bits per heavy atom. The van der Waals surface area contributed by atoms with Gasteiger partial charge in [-0.1, -0.05) is 0 Å². The lowest BCUT2D eigenvalue weighted by molar-refractivity contribution is -0.198. The molecule has 6 nitrogen and oxygen atoms in total. The highest BCUT2D eigenvalue weighted by molar-refractivity contribution is 5.74. The van der Waals surface area contributed by atoms with Crippen molar-refractivity contribution in [2.75, 3.05) is 0 Å². The summed E-state index contributed by atoms with van der Waals surface area (Å²) in [5, 5.41) is 4.76. The number of aromatic nitrogens is 2. The number of nitrogens with zero attached hydrogens (tertiary/aromatic N) is 2. The molecule has 1 saturated carbocycles. The highest BCUT2D eigenvalue weighted by Crippen LogP contribution is 2.40. The van der Waals surface area contributed by atoms with Gasteiger partial charge in [0.15, 0.2) is 0 Å². The van der Waals surface area contributed by atoms with Crippen LogP contribution >= 0.6 is 0 Å². The summed E-state index contributed by atoms with van der Waals surface area (Å²) in [5.74, 6) is -1.73. The lowest BCUT2D eigenvalue weighted by Crippen LogP contribution is -2.51. The summed E-state index contributed by atoms with van der Waals surface area (Å²) in [4.78, 5) is 18.8. The third-order valence-corrected chi connectivity index (χ3v) is 3.27. The van der Waals surface area contributed by atoms with Gasteiger partial charge in [0.25, 0.3) is 0 Å². The Morgan fingerprint density at radius 3 is 2.65 bits per heavy atom. The highest BCUT2D eigenvalue weighted by atomic mass is 19.4. The maximum absolute atomic E-state index is 12.3. The van der Waals surface area contributed by atoms with Crippen LogP contribution in [0.3, 0.4) is 0 Å². The van der Waals surface area contributed by atoms with E-state index in [1.807, 2.05) is 0 Å². The maximum Gasteiger partial charge on any atom is 0.391 e. The monoisotopic (exact) mass is 340 g/mol. The molecule has 0 bridgehead atoms. The zero-order valence-corrected chi connectivity index (χ0v) is 11.6. The first-order valence-corrected chi connectivity index (χ1v) is 6.61. The topological polar surface area (TPSA) is 76.1 Å². The predicted octanol–water partition coefficient (Wildman–Crippen LogP) is 2.22. The average Bonchev–Trinajstić information content (AvgIpc) is 2.38. The van der Waals surface area contributed by atoms with E-state index in [9.17, 15) is 26.7 Å². The van der Waals surface area contributed by atoms with Gasteiger partial charge in [0.2, 0.25) is 5.88 Å². The maximum atomic E-state index is 12.3. The van der Waals surface area contributed by atoms with Crippen molar-refractivity contribution in [2.45, 2.75) is 38.2 Å². The summed E-state index contributed by atoms with van der Waals surface area (Å²) in [5.41, 5.74) is 0.215. The van der Waals surface area contributed by atoms with Gasteiger partial charge in [-0.3, -0.25) is 0 Å². The summed E-state index contributed by atoms with van der Waals surface area (Å²) in [6.07, 6.45) is -3.56. The predicted molar refractivity (Wildman–Crippen MR) is 66.6 cm³/mol. The molecule has 0 unspecified atom stereocenters. The molecular formula is C12H13F5N4O2. The number of hydrogen-bond donors (Lipinski definition) is 2. The molecule has 1 aromatic rings. The second kappa shape index (κ2) is 6.92. The molecule has 2 rings (SSSR count). The van der Waals surface area contributed by atoms with Gasteiger partial charge in [0.05, 0.1) is 18.2 Å². The number of rotatable bonds is 5. The van der Waals surface area contributed by atoms with Crippen molar-refractivity contribution < 1.29 is 31.5 Å². The normalized spacial score (nSPS) is 20.8. The van der Waals surface area contributed by atoms with Crippen molar-refractivity contribution in [3.8, 4) is 5.88 Å². The number of halogens is 5. The van der Waals surface area contributed by atoms with Crippen molar-refractivity contribution in [3.05, 3.63) is 18.1 Å². The minimum absolute atomic E-state index is 0.108. The smallest absolute Gasteiger partial charge is 0.391 e. The number of hydrogen-bond acceptors (Lipinski definition) is 4.